The molecule has 1 heterocycles. The van der Waals surface area contributed by atoms with Crippen LogP contribution >= 0.6 is 23.6 Å². The number of rotatable bonds is 4. The molecule has 0 aliphatic heterocycles. The molecule has 2 rings (SSSR count). The molecule has 0 aliphatic rings. The molecule has 0 atom stereocenters. The monoisotopic (exact) mass is 312 g/mol. The Morgan fingerprint density at radius 1 is 1.21 bits per heavy atom. The second kappa shape index (κ2) is 5.28. The van der Waals surface area contributed by atoms with E-state index in [9.17, 15) is 8.42 Å². The van der Waals surface area contributed by atoms with Crippen LogP contribution in [0.4, 0.5) is 5.69 Å². The normalized spacial score (nSPS) is 11.2. The van der Waals surface area contributed by atoms with Crippen LogP contribution in [0.5, 0.6) is 0 Å². The van der Waals surface area contributed by atoms with Crippen LogP contribution < -0.4 is 10.5 Å². The van der Waals surface area contributed by atoms with E-state index in [2.05, 4.69) is 4.72 Å². The van der Waals surface area contributed by atoms with Crippen molar-refractivity contribution in [2.75, 3.05) is 4.72 Å². The van der Waals surface area contributed by atoms with Crippen LogP contribution in [0.2, 0.25) is 0 Å². The standard InChI is InChI=1S/C12H12N2O2S3/c1-8-2-7-11(18-8)19(15,16)14-10-5-3-9(4-6-10)12(13)17/h2-7,14H,1H3,(H2,13,17). The molecule has 0 amide bonds. The summed E-state index contributed by atoms with van der Waals surface area (Å²) < 4.78 is 27.0. The minimum atomic E-state index is -3.52. The number of benzene rings is 1. The molecule has 1 aromatic carbocycles. The van der Waals surface area contributed by atoms with E-state index in [4.69, 9.17) is 18.0 Å². The van der Waals surface area contributed by atoms with Gasteiger partial charge in [-0.25, -0.2) is 8.42 Å². The number of thiocarbonyl (C=S) groups is 1. The van der Waals surface area contributed by atoms with Crippen molar-refractivity contribution in [2.45, 2.75) is 11.1 Å². The lowest BCUT2D eigenvalue weighted by molar-refractivity contribution is 0.603. The molecule has 1 aromatic heterocycles. The first-order chi connectivity index (χ1) is 8.88. The maximum absolute atomic E-state index is 12.1. The second-order valence-corrected chi connectivity index (χ2v) is 7.55. The Bertz CT molecular complexity index is 703. The first kappa shape index (κ1) is 14.0. The van der Waals surface area contributed by atoms with E-state index < -0.39 is 10.0 Å². The van der Waals surface area contributed by atoms with Gasteiger partial charge in [0.25, 0.3) is 10.0 Å². The third-order valence-corrected chi connectivity index (χ3v) is 5.51. The number of hydrogen-bond donors (Lipinski definition) is 2. The Kier molecular flexibility index (Phi) is 3.88. The van der Waals surface area contributed by atoms with Crippen molar-refractivity contribution in [3.63, 3.8) is 0 Å². The molecule has 0 bridgehead atoms. The van der Waals surface area contributed by atoms with E-state index in [1.165, 1.54) is 11.3 Å². The van der Waals surface area contributed by atoms with Crippen LogP contribution in [0.15, 0.2) is 40.6 Å². The van der Waals surface area contributed by atoms with E-state index in [-0.39, 0.29) is 4.99 Å². The van der Waals surface area contributed by atoms with Crippen LogP contribution in [-0.2, 0) is 10.0 Å². The highest BCUT2D eigenvalue weighted by atomic mass is 32.2. The van der Waals surface area contributed by atoms with E-state index in [0.29, 0.717) is 15.5 Å². The summed E-state index contributed by atoms with van der Waals surface area (Å²) in [5.74, 6) is 0. The maximum atomic E-state index is 12.1. The van der Waals surface area contributed by atoms with Gasteiger partial charge in [0.1, 0.15) is 9.20 Å². The van der Waals surface area contributed by atoms with Gasteiger partial charge in [-0.1, -0.05) is 12.2 Å². The molecule has 19 heavy (non-hydrogen) atoms. The average molecular weight is 312 g/mol. The SMILES string of the molecule is Cc1ccc(S(=O)(=O)Nc2ccc(C(N)=S)cc2)s1. The number of aryl methyl sites for hydroxylation is 1. The van der Waals surface area contributed by atoms with Crippen molar-refractivity contribution in [1.29, 1.82) is 0 Å². The van der Waals surface area contributed by atoms with Crippen LogP contribution in [0.1, 0.15) is 10.4 Å². The lowest BCUT2D eigenvalue weighted by atomic mass is 10.2. The Hall–Kier alpha value is -1.44. The quantitative estimate of drug-likeness (QED) is 0.851. The van der Waals surface area contributed by atoms with Crippen molar-refractivity contribution in [3.8, 4) is 0 Å². The molecule has 0 spiro atoms. The predicted octanol–water partition coefficient (Wildman–Crippen LogP) is 2.49. The number of nitrogens with two attached hydrogens (primary N) is 1. The van der Waals surface area contributed by atoms with Crippen LogP contribution in [0.25, 0.3) is 0 Å². The Morgan fingerprint density at radius 3 is 2.32 bits per heavy atom. The number of nitrogens with one attached hydrogen (secondary N) is 1. The molecule has 0 saturated carbocycles. The fourth-order valence-corrected chi connectivity index (χ4v) is 3.94. The zero-order valence-corrected chi connectivity index (χ0v) is 12.5. The smallest absolute Gasteiger partial charge is 0.271 e. The highest BCUT2D eigenvalue weighted by molar-refractivity contribution is 7.94. The topological polar surface area (TPSA) is 72.2 Å². The molecule has 0 aliphatic carbocycles. The number of thiophene rings is 1. The fourth-order valence-electron chi connectivity index (χ4n) is 1.46. The number of anilines is 1. The second-order valence-electron chi connectivity index (χ2n) is 3.91. The van der Waals surface area contributed by atoms with Gasteiger partial charge in [0.2, 0.25) is 0 Å². The Balaban J connectivity index is 2.23. The lowest BCUT2D eigenvalue weighted by Gasteiger charge is -2.06. The van der Waals surface area contributed by atoms with Crippen molar-refractivity contribution in [3.05, 3.63) is 46.8 Å². The van der Waals surface area contributed by atoms with Crippen LogP contribution in [-0.4, -0.2) is 13.4 Å². The summed E-state index contributed by atoms with van der Waals surface area (Å²) in [6.07, 6.45) is 0. The zero-order valence-electron chi connectivity index (χ0n) is 10.1. The van der Waals surface area contributed by atoms with Gasteiger partial charge in [-0.3, -0.25) is 4.72 Å². The van der Waals surface area contributed by atoms with Gasteiger partial charge >= 0.3 is 0 Å². The summed E-state index contributed by atoms with van der Waals surface area (Å²) in [7, 11) is -3.52. The first-order valence-electron chi connectivity index (χ1n) is 5.37. The van der Waals surface area contributed by atoms with Crippen molar-refractivity contribution in [2.24, 2.45) is 5.73 Å². The van der Waals surface area contributed by atoms with Gasteiger partial charge in [0.05, 0.1) is 0 Å². The molecule has 2 aromatic rings. The van der Waals surface area contributed by atoms with Crippen molar-refractivity contribution < 1.29 is 8.42 Å². The molecular formula is C12H12N2O2S3. The lowest BCUT2D eigenvalue weighted by Crippen LogP contribution is -2.12. The minimum Gasteiger partial charge on any atom is -0.389 e. The third kappa shape index (κ3) is 3.31. The van der Waals surface area contributed by atoms with Gasteiger partial charge in [-0.15, -0.1) is 11.3 Å². The zero-order chi connectivity index (χ0) is 14.0. The van der Waals surface area contributed by atoms with Crippen LogP contribution in [0, 0.1) is 6.92 Å². The van der Waals surface area contributed by atoms with Gasteiger partial charge in [0, 0.05) is 16.1 Å². The molecule has 4 nitrogen and oxygen atoms in total. The van der Waals surface area contributed by atoms with Gasteiger partial charge < -0.3 is 5.73 Å². The molecule has 0 saturated heterocycles. The highest BCUT2D eigenvalue weighted by Crippen LogP contribution is 2.23. The van der Waals surface area contributed by atoms with E-state index >= 15 is 0 Å². The summed E-state index contributed by atoms with van der Waals surface area (Å²) in [5, 5.41) is 0. The van der Waals surface area contributed by atoms with E-state index in [1.807, 2.05) is 6.92 Å². The van der Waals surface area contributed by atoms with E-state index in [1.54, 1.807) is 36.4 Å². The first-order valence-corrected chi connectivity index (χ1v) is 8.08. The fraction of sp³-hybridized carbons (Fsp3) is 0.0833. The summed E-state index contributed by atoms with van der Waals surface area (Å²) in [4.78, 5) is 1.23. The highest BCUT2D eigenvalue weighted by Gasteiger charge is 2.16. The maximum Gasteiger partial charge on any atom is 0.271 e. The summed E-state index contributed by atoms with van der Waals surface area (Å²) >= 11 is 6.07. The number of hydrogen-bond acceptors (Lipinski definition) is 4. The van der Waals surface area contributed by atoms with Crippen molar-refractivity contribution in [1.82, 2.24) is 0 Å². The molecule has 0 unspecified atom stereocenters. The molecule has 0 radical (unpaired) electrons. The van der Waals surface area contributed by atoms with Gasteiger partial charge in [-0.05, 0) is 43.3 Å². The van der Waals surface area contributed by atoms with Gasteiger partial charge in [-0.2, -0.15) is 0 Å². The molecule has 0 fully saturated rings. The minimum absolute atomic E-state index is 0.281. The molecule has 3 N–H and O–H groups in total. The summed E-state index contributed by atoms with van der Waals surface area (Å²) in [6.45, 7) is 1.86. The summed E-state index contributed by atoms with van der Waals surface area (Å²) in [5.41, 5.74) is 6.66. The van der Waals surface area contributed by atoms with Gasteiger partial charge in [0.15, 0.2) is 0 Å². The number of sulfonamides is 1. The largest absolute Gasteiger partial charge is 0.389 e. The Morgan fingerprint density at radius 2 is 1.84 bits per heavy atom. The predicted molar refractivity (Wildman–Crippen MR) is 82.2 cm³/mol. The molecular weight excluding hydrogens is 300 g/mol. The van der Waals surface area contributed by atoms with E-state index in [0.717, 1.165) is 4.88 Å². The third-order valence-electron chi connectivity index (χ3n) is 2.40. The van der Waals surface area contributed by atoms with Crippen LogP contribution in [0.3, 0.4) is 0 Å². The Labute approximate surface area is 121 Å². The molecule has 7 heteroatoms. The average Bonchev–Trinajstić information content (AvgIpc) is 2.77. The molecule has 100 valence electrons. The van der Waals surface area contributed by atoms with Crippen molar-refractivity contribution >= 4 is 44.3 Å². The summed E-state index contributed by atoms with van der Waals surface area (Å²) in [6, 6.07) is 9.99.